The molecule has 112 valence electrons. The van der Waals surface area contributed by atoms with Crippen molar-refractivity contribution in [2.75, 3.05) is 13.3 Å². The largest absolute Gasteiger partial charge is 0.457 e. The predicted molar refractivity (Wildman–Crippen MR) is 86.5 cm³/mol. The van der Waals surface area contributed by atoms with Crippen LogP contribution in [0.5, 0.6) is 11.5 Å². The summed E-state index contributed by atoms with van der Waals surface area (Å²) >= 11 is 3.41. The Morgan fingerprint density at radius 3 is 2.62 bits per heavy atom. The third-order valence-electron chi connectivity index (χ3n) is 2.86. The van der Waals surface area contributed by atoms with Gasteiger partial charge in [0.15, 0.2) is 9.84 Å². The van der Waals surface area contributed by atoms with Crippen molar-refractivity contribution in [3.05, 3.63) is 52.5 Å². The van der Waals surface area contributed by atoms with Crippen LogP contribution in [0, 0.1) is 0 Å². The molecule has 0 saturated carbocycles. The fourth-order valence-corrected chi connectivity index (χ4v) is 2.85. The molecular formula is C15H16BrNO3S. The lowest BCUT2D eigenvalue weighted by molar-refractivity contribution is 0.472. The Morgan fingerprint density at radius 2 is 1.95 bits per heavy atom. The number of ether oxygens (including phenoxy) is 1. The molecule has 0 aliphatic heterocycles. The van der Waals surface area contributed by atoms with Crippen molar-refractivity contribution in [3.63, 3.8) is 0 Å². The SMILES string of the molecule is CNCc1ccc(Br)cc1Oc1cccc(S(C)(=O)=O)c1. The highest BCUT2D eigenvalue weighted by Gasteiger charge is 2.10. The molecule has 0 aliphatic rings. The first-order valence-electron chi connectivity index (χ1n) is 6.31. The highest BCUT2D eigenvalue weighted by Crippen LogP contribution is 2.29. The summed E-state index contributed by atoms with van der Waals surface area (Å²) in [6.07, 6.45) is 1.18. The first kappa shape index (κ1) is 16.0. The number of rotatable bonds is 5. The zero-order valence-corrected chi connectivity index (χ0v) is 14.2. The molecule has 6 heteroatoms. The van der Waals surface area contributed by atoms with Crippen LogP contribution in [0.3, 0.4) is 0 Å². The average molecular weight is 370 g/mol. The molecular weight excluding hydrogens is 354 g/mol. The van der Waals surface area contributed by atoms with E-state index in [1.165, 1.54) is 12.3 Å². The van der Waals surface area contributed by atoms with Gasteiger partial charge in [-0.05, 0) is 37.4 Å². The number of hydrogen-bond acceptors (Lipinski definition) is 4. The van der Waals surface area contributed by atoms with Gasteiger partial charge in [-0.25, -0.2) is 8.42 Å². The lowest BCUT2D eigenvalue weighted by Crippen LogP contribution is -2.06. The molecule has 0 bridgehead atoms. The highest BCUT2D eigenvalue weighted by atomic mass is 79.9. The molecule has 0 amide bonds. The van der Waals surface area contributed by atoms with E-state index in [1.807, 2.05) is 25.2 Å². The number of benzene rings is 2. The lowest BCUT2D eigenvalue weighted by Gasteiger charge is -2.12. The molecule has 0 aromatic heterocycles. The van der Waals surface area contributed by atoms with Crippen LogP contribution >= 0.6 is 15.9 Å². The second kappa shape index (κ2) is 6.60. The monoisotopic (exact) mass is 369 g/mol. The molecule has 0 spiro atoms. The number of nitrogens with one attached hydrogen (secondary N) is 1. The normalized spacial score (nSPS) is 11.4. The summed E-state index contributed by atoms with van der Waals surface area (Å²) in [5, 5.41) is 3.07. The third-order valence-corrected chi connectivity index (χ3v) is 4.46. The Kier molecular flexibility index (Phi) is 5.03. The molecule has 2 aromatic rings. The van der Waals surface area contributed by atoms with Crippen molar-refractivity contribution < 1.29 is 13.2 Å². The minimum atomic E-state index is -3.25. The summed E-state index contributed by atoms with van der Waals surface area (Å²) in [5.41, 5.74) is 0.991. The van der Waals surface area contributed by atoms with Crippen molar-refractivity contribution in [2.45, 2.75) is 11.4 Å². The maximum atomic E-state index is 11.6. The second-order valence-corrected chi connectivity index (χ2v) is 7.56. The third kappa shape index (κ3) is 4.30. The average Bonchev–Trinajstić information content (AvgIpc) is 2.41. The van der Waals surface area contributed by atoms with Crippen molar-refractivity contribution >= 4 is 25.8 Å². The van der Waals surface area contributed by atoms with Gasteiger partial charge in [0.2, 0.25) is 0 Å². The highest BCUT2D eigenvalue weighted by molar-refractivity contribution is 9.10. The number of hydrogen-bond donors (Lipinski definition) is 1. The molecule has 0 radical (unpaired) electrons. The van der Waals surface area contributed by atoms with Crippen molar-refractivity contribution in [2.24, 2.45) is 0 Å². The molecule has 0 unspecified atom stereocenters. The minimum Gasteiger partial charge on any atom is -0.457 e. The van der Waals surface area contributed by atoms with Gasteiger partial charge in [0.1, 0.15) is 11.5 Å². The molecule has 0 heterocycles. The van der Waals surface area contributed by atoms with Gasteiger partial charge >= 0.3 is 0 Å². The van der Waals surface area contributed by atoms with Gasteiger partial charge in [0, 0.05) is 22.8 Å². The van der Waals surface area contributed by atoms with Crippen LogP contribution in [0.15, 0.2) is 51.8 Å². The zero-order chi connectivity index (χ0) is 15.5. The van der Waals surface area contributed by atoms with Crippen LogP contribution in [0.2, 0.25) is 0 Å². The summed E-state index contributed by atoms with van der Waals surface area (Å²) in [6.45, 7) is 0.661. The van der Waals surface area contributed by atoms with Crippen molar-refractivity contribution in [1.29, 1.82) is 0 Å². The van der Waals surface area contributed by atoms with Gasteiger partial charge in [0.05, 0.1) is 4.90 Å². The maximum absolute atomic E-state index is 11.6. The van der Waals surface area contributed by atoms with Gasteiger partial charge in [-0.3, -0.25) is 0 Å². The van der Waals surface area contributed by atoms with E-state index in [0.717, 1.165) is 10.0 Å². The first-order valence-corrected chi connectivity index (χ1v) is 8.99. The summed E-state index contributed by atoms with van der Waals surface area (Å²) in [6, 6.07) is 12.2. The fraction of sp³-hybridized carbons (Fsp3) is 0.200. The molecule has 0 saturated heterocycles. The predicted octanol–water partition coefficient (Wildman–Crippen LogP) is 3.36. The van der Waals surface area contributed by atoms with E-state index < -0.39 is 9.84 Å². The van der Waals surface area contributed by atoms with Crippen LogP contribution in [0.1, 0.15) is 5.56 Å². The second-order valence-electron chi connectivity index (χ2n) is 4.63. The minimum absolute atomic E-state index is 0.241. The summed E-state index contributed by atoms with van der Waals surface area (Å²) in [4.78, 5) is 0.241. The molecule has 0 fully saturated rings. The topological polar surface area (TPSA) is 55.4 Å². The van der Waals surface area contributed by atoms with E-state index in [9.17, 15) is 8.42 Å². The van der Waals surface area contributed by atoms with E-state index in [1.54, 1.807) is 18.2 Å². The van der Waals surface area contributed by atoms with E-state index in [2.05, 4.69) is 21.2 Å². The van der Waals surface area contributed by atoms with E-state index in [-0.39, 0.29) is 4.90 Å². The lowest BCUT2D eigenvalue weighted by atomic mass is 10.2. The summed E-state index contributed by atoms with van der Waals surface area (Å²) in [7, 11) is -1.39. The summed E-state index contributed by atoms with van der Waals surface area (Å²) < 4.78 is 29.9. The molecule has 21 heavy (non-hydrogen) atoms. The molecule has 2 aromatic carbocycles. The Labute approximate surface area is 133 Å². The maximum Gasteiger partial charge on any atom is 0.175 e. The molecule has 1 N–H and O–H groups in total. The number of halogens is 1. The molecule has 4 nitrogen and oxygen atoms in total. The van der Waals surface area contributed by atoms with Crippen molar-refractivity contribution in [1.82, 2.24) is 5.32 Å². The van der Waals surface area contributed by atoms with Crippen molar-refractivity contribution in [3.8, 4) is 11.5 Å². The summed E-state index contributed by atoms with van der Waals surface area (Å²) in [5.74, 6) is 1.18. The Morgan fingerprint density at radius 1 is 1.19 bits per heavy atom. The van der Waals surface area contributed by atoms with Gasteiger partial charge < -0.3 is 10.1 Å². The first-order chi connectivity index (χ1) is 9.90. The van der Waals surface area contributed by atoms with E-state index in [0.29, 0.717) is 18.0 Å². The molecule has 2 rings (SSSR count). The Hall–Kier alpha value is -1.37. The van der Waals surface area contributed by atoms with Gasteiger partial charge in [0.25, 0.3) is 0 Å². The standard InChI is InChI=1S/C15H16BrNO3S/c1-17-10-11-6-7-12(16)8-15(11)20-13-4-3-5-14(9-13)21(2,18)19/h3-9,17H,10H2,1-2H3. The quantitative estimate of drug-likeness (QED) is 0.877. The zero-order valence-electron chi connectivity index (χ0n) is 11.8. The smallest absolute Gasteiger partial charge is 0.175 e. The molecule has 0 atom stereocenters. The fourth-order valence-electron chi connectivity index (χ4n) is 1.86. The van der Waals surface area contributed by atoms with Gasteiger partial charge in [-0.1, -0.05) is 28.1 Å². The van der Waals surface area contributed by atoms with Crippen LogP contribution < -0.4 is 10.1 Å². The van der Waals surface area contributed by atoms with Gasteiger partial charge in [-0.2, -0.15) is 0 Å². The van der Waals surface area contributed by atoms with Crippen LogP contribution in [-0.2, 0) is 16.4 Å². The Balaban J connectivity index is 2.36. The van der Waals surface area contributed by atoms with E-state index >= 15 is 0 Å². The van der Waals surface area contributed by atoms with Crippen LogP contribution in [-0.4, -0.2) is 21.7 Å². The van der Waals surface area contributed by atoms with Crippen LogP contribution in [0.4, 0.5) is 0 Å². The number of sulfone groups is 1. The Bertz CT molecular complexity index is 744. The van der Waals surface area contributed by atoms with Gasteiger partial charge in [-0.15, -0.1) is 0 Å². The molecule has 0 aliphatic carbocycles. The van der Waals surface area contributed by atoms with E-state index in [4.69, 9.17) is 4.74 Å². The van der Waals surface area contributed by atoms with Crippen LogP contribution in [0.25, 0.3) is 0 Å².